The normalized spacial score (nSPS) is 30.1. The minimum atomic E-state index is -4.36. The van der Waals surface area contributed by atoms with Crippen molar-refractivity contribution in [2.75, 3.05) is 11.5 Å². The Hall–Kier alpha value is -0.430. The van der Waals surface area contributed by atoms with Crippen molar-refractivity contribution in [2.24, 2.45) is 0 Å². The number of carboxylic acids is 1. The molecule has 76 valence electrons. The van der Waals surface area contributed by atoms with Crippen LogP contribution >= 0.6 is 11.8 Å². The summed E-state index contributed by atoms with van der Waals surface area (Å²) in [6, 6.07) is -2.79. The molecule has 7 heteroatoms. The molecule has 3 nitrogen and oxygen atoms in total. The molecule has 1 fully saturated rings. The van der Waals surface area contributed by atoms with E-state index in [2.05, 4.69) is 0 Å². The highest BCUT2D eigenvalue weighted by Crippen LogP contribution is 2.26. The number of thioether (sulfide) groups is 1. The van der Waals surface area contributed by atoms with Gasteiger partial charge in [-0.15, -0.1) is 0 Å². The highest BCUT2D eigenvalue weighted by Gasteiger charge is 2.43. The molecule has 2 unspecified atom stereocenters. The summed E-state index contributed by atoms with van der Waals surface area (Å²) < 4.78 is 36.3. The Morgan fingerprint density at radius 2 is 2.08 bits per heavy atom. The lowest BCUT2D eigenvalue weighted by Gasteiger charge is -2.29. The maximum atomic E-state index is 12.1. The SMILES string of the molecule is O=C(O)C1CSCC(C(F)(F)F)N1. The van der Waals surface area contributed by atoms with Crippen LogP contribution in [0, 0.1) is 0 Å². The number of halogens is 3. The molecule has 0 amide bonds. The van der Waals surface area contributed by atoms with Crippen molar-refractivity contribution in [1.29, 1.82) is 0 Å². The van der Waals surface area contributed by atoms with Crippen molar-refractivity contribution < 1.29 is 23.1 Å². The summed E-state index contributed by atoms with van der Waals surface area (Å²) in [7, 11) is 0. The summed E-state index contributed by atoms with van der Waals surface area (Å²) in [6.45, 7) is 0. The Morgan fingerprint density at radius 3 is 2.54 bits per heavy atom. The first-order chi connectivity index (χ1) is 5.91. The molecule has 1 aliphatic rings. The Morgan fingerprint density at radius 1 is 1.46 bits per heavy atom. The number of nitrogens with one attached hydrogen (secondary N) is 1. The van der Waals surface area contributed by atoms with E-state index in [1.165, 1.54) is 0 Å². The van der Waals surface area contributed by atoms with Crippen LogP contribution in [-0.4, -0.2) is 40.8 Å². The Labute approximate surface area is 76.7 Å². The second-order valence-corrected chi connectivity index (χ2v) is 3.76. The summed E-state index contributed by atoms with van der Waals surface area (Å²) in [5.41, 5.74) is 0. The molecule has 1 heterocycles. The third-order valence-corrected chi connectivity index (χ3v) is 2.80. The van der Waals surface area contributed by atoms with Gasteiger partial charge in [0, 0.05) is 11.5 Å². The summed E-state index contributed by atoms with van der Waals surface area (Å²) in [4.78, 5) is 10.4. The van der Waals surface area contributed by atoms with Gasteiger partial charge in [-0.1, -0.05) is 0 Å². The van der Waals surface area contributed by atoms with E-state index in [9.17, 15) is 18.0 Å². The quantitative estimate of drug-likeness (QED) is 0.676. The van der Waals surface area contributed by atoms with E-state index in [0.717, 1.165) is 11.8 Å². The van der Waals surface area contributed by atoms with Crippen LogP contribution in [0.2, 0.25) is 0 Å². The topological polar surface area (TPSA) is 49.3 Å². The minimum absolute atomic E-state index is 0.118. The molecule has 1 rings (SSSR count). The number of rotatable bonds is 1. The van der Waals surface area contributed by atoms with Crippen molar-refractivity contribution in [3.8, 4) is 0 Å². The monoisotopic (exact) mass is 215 g/mol. The highest BCUT2D eigenvalue weighted by molar-refractivity contribution is 7.99. The smallest absolute Gasteiger partial charge is 0.404 e. The van der Waals surface area contributed by atoms with Crippen LogP contribution in [-0.2, 0) is 4.79 Å². The first-order valence-corrected chi connectivity index (χ1v) is 4.70. The van der Waals surface area contributed by atoms with Gasteiger partial charge < -0.3 is 5.11 Å². The molecule has 0 bridgehead atoms. The third kappa shape index (κ3) is 2.77. The van der Waals surface area contributed by atoms with Gasteiger partial charge in [0.1, 0.15) is 12.1 Å². The van der Waals surface area contributed by atoms with Crippen LogP contribution < -0.4 is 5.32 Å². The Bertz CT molecular complexity index is 209. The molecule has 1 aliphatic heterocycles. The maximum absolute atomic E-state index is 12.1. The lowest BCUT2D eigenvalue weighted by molar-refractivity contribution is -0.157. The second kappa shape index (κ2) is 3.75. The van der Waals surface area contributed by atoms with E-state index in [0.29, 0.717) is 0 Å². The van der Waals surface area contributed by atoms with Gasteiger partial charge in [0.2, 0.25) is 0 Å². The van der Waals surface area contributed by atoms with Crippen LogP contribution in [0.1, 0.15) is 0 Å². The lowest BCUT2D eigenvalue weighted by Crippen LogP contribution is -2.55. The van der Waals surface area contributed by atoms with Crippen LogP contribution in [0.5, 0.6) is 0 Å². The van der Waals surface area contributed by atoms with E-state index in [1.807, 2.05) is 5.32 Å². The number of alkyl halides is 3. The summed E-state index contributed by atoms with van der Waals surface area (Å²) in [5.74, 6) is -1.17. The molecule has 1 saturated heterocycles. The molecular weight excluding hydrogens is 207 g/mol. The molecule has 2 N–H and O–H groups in total. The molecule has 0 saturated carbocycles. The number of hydrogen-bond donors (Lipinski definition) is 2. The zero-order valence-corrected chi connectivity index (χ0v) is 7.28. The molecule has 0 aromatic rings. The van der Waals surface area contributed by atoms with E-state index < -0.39 is 24.2 Å². The van der Waals surface area contributed by atoms with Crippen LogP contribution in [0.25, 0.3) is 0 Å². The fraction of sp³-hybridized carbons (Fsp3) is 0.833. The first-order valence-electron chi connectivity index (χ1n) is 3.54. The van der Waals surface area contributed by atoms with Crippen molar-refractivity contribution in [1.82, 2.24) is 5.32 Å². The van der Waals surface area contributed by atoms with Gasteiger partial charge in [0.05, 0.1) is 0 Å². The zero-order chi connectivity index (χ0) is 10.1. The molecule has 0 aromatic heterocycles. The largest absolute Gasteiger partial charge is 0.480 e. The van der Waals surface area contributed by atoms with Gasteiger partial charge in [-0.25, -0.2) is 0 Å². The van der Waals surface area contributed by atoms with E-state index >= 15 is 0 Å². The predicted molar refractivity (Wildman–Crippen MR) is 41.7 cm³/mol. The standard InChI is InChI=1S/C6H8F3NO2S/c7-6(8,9)4-2-13-1-3(10-4)5(11)12/h3-4,10H,1-2H2,(H,11,12). The van der Waals surface area contributed by atoms with E-state index in [4.69, 9.17) is 5.11 Å². The van der Waals surface area contributed by atoms with Crippen molar-refractivity contribution in [2.45, 2.75) is 18.3 Å². The van der Waals surface area contributed by atoms with Crippen LogP contribution in [0.4, 0.5) is 13.2 Å². The van der Waals surface area contributed by atoms with Gasteiger partial charge in [-0.05, 0) is 0 Å². The van der Waals surface area contributed by atoms with Gasteiger partial charge in [-0.2, -0.15) is 24.9 Å². The second-order valence-electron chi connectivity index (χ2n) is 2.69. The third-order valence-electron chi connectivity index (χ3n) is 1.66. The summed E-state index contributed by atoms with van der Waals surface area (Å²) in [5, 5.41) is 10.5. The fourth-order valence-corrected chi connectivity index (χ4v) is 2.11. The van der Waals surface area contributed by atoms with Gasteiger partial charge in [-0.3, -0.25) is 10.1 Å². The molecule has 2 atom stereocenters. The minimum Gasteiger partial charge on any atom is -0.480 e. The van der Waals surface area contributed by atoms with Crippen molar-refractivity contribution in [3.63, 3.8) is 0 Å². The molecular formula is C6H8F3NO2S. The number of aliphatic carboxylic acids is 1. The average molecular weight is 215 g/mol. The van der Waals surface area contributed by atoms with Crippen molar-refractivity contribution >= 4 is 17.7 Å². The number of carboxylic acid groups (broad SMARTS) is 1. The Kier molecular flexibility index (Phi) is 3.07. The van der Waals surface area contributed by atoms with Gasteiger partial charge in [0.25, 0.3) is 0 Å². The fourth-order valence-electron chi connectivity index (χ4n) is 0.974. The molecule has 0 aliphatic carbocycles. The van der Waals surface area contributed by atoms with E-state index in [-0.39, 0.29) is 11.5 Å². The lowest BCUT2D eigenvalue weighted by atomic mass is 10.2. The van der Waals surface area contributed by atoms with Gasteiger partial charge in [0.15, 0.2) is 0 Å². The molecule has 0 radical (unpaired) electrons. The number of hydrogen-bond acceptors (Lipinski definition) is 3. The van der Waals surface area contributed by atoms with Gasteiger partial charge >= 0.3 is 12.1 Å². The van der Waals surface area contributed by atoms with E-state index in [1.54, 1.807) is 0 Å². The highest BCUT2D eigenvalue weighted by atomic mass is 32.2. The van der Waals surface area contributed by atoms with Crippen LogP contribution in [0.15, 0.2) is 0 Å². The first kappa shape index (κ1) is 10.6. The molecule has 0 aromatic carbocycles. The molecule has 0 spiro atoms. The summed E-state index contributed by atoms with van der Waals surface area (Å²) in [6.07, 6.45) is -4.36. The zero-order valence-electron chi connectivity index (χ0n) is 6.47. The van der Waals surface area contributed by atoms with Crippen molar-refractivity contribution in [3.05, 3.63) is 0 Å². The number of carbonyl (C=O) groups is 1. The van der Waals surface area contributed by atoms with Crippen LogP contribution in [0.3, 0.4) is 0 Å². The molecule has 13 heavy (non-hydrogen) atoms. The average Bonchev–Trinajstić information content (AvgIpc) is 2.03. The summed E-state index contributed by atoms with van der Waals surface area (Å²) >= 11 is 1.00. The predicted octanol–water partition coefficient (Wildman–Crippen LogP) is 0.707. The Balaban J connectivity index is 2.57. The maximum Gasteiger partial charge on any atom is 0.404 e.